The average molecular weight is 293 g/mol. The van der Waals surface area contributed by atoms with Gasteiger partial charge in [0, 0.05) is 12.1 Å². The van der Waals surface area contributed by atoms with E-state index in [9.17, 15) is 13.2 Å². The summed E-state index contributed by atoms with van der Waals surface area (Å²) in [5.74, 6) is -0.722. The highest BCUT2D eigenvalue weighted by molar-refractivity contribution is 6.29. The van der Waals surface area contributed by atoms with Crippen LogP contribution in [0.5, 0.6) is 0 Å². The largest absolute Gasteiger partial charge is 0.451 e. The van der Waals surface area contributed by atoms with E-state index >= 15 is 0 Å². The van der Waals surface area contributed by atoms with Gasteiger partial charge in [-0.15, -0.1) is 0 Å². The first-order valence-corrected chi connectivity index (χ1v) is 5.50. The van der Waals surface area contributed by atoms with Crippen LogP contribution in [0, 0.1) is 6.92 Å². The first kappa shape index (κ1) is 13.6. The minimum atomic E-state index is -4.65. The van der Waals surface area contributed by atoms with Gasteiger partial charge in [-0.25, -0.2) is 9.97 Å². The van der Waals surface area contributed by atoms with Crippen LogP contribution in [-0.2, 0) is 12.7 Å². The maximum atomic E-state index is 12.5. The van der Waals surface area contributed by atoms with E-state index in [1.807, 2.05) is 0 Å². The van der Waals surface area contributed by atoms with E-state index in [0.717, 1.165) is 0 Å². The van der Waals surface area contributed by atoms with E-state index in [1.54, 1.807) is 13.0 Å². The molecule has 0 spiro atoms. The van der Waals surface area contributed by atoms with Crippen LogP contribution in [0.3, 0.4) is 0 Å². The van der Waals surface area contributed by atoms with E-state index in [1.165, 1.54) is 6.07 Å². The maximum absolute atomic E-state index is 12.5. The number of alkyl halides is 3. The molecule has 0 amide bonds. The van der Waals surface area contributed by atoms with Crippen LogP contribution in [0.1, 0.15) is 17.3 Å². The van der Waals surface area contributed by atoms with Gasteiger partial charge in [0.25, 0.3) is 0 Å². The Morgan fingerprint density at radius 1 is 1.32 bits per heavy atom. The molecule has 1 N–H and O–H groups in total. The number of hydrogen-bond acceptors (Lipinski definition) is 5. The number of rotatable bonds is 3. The van der Waals surface area contributed by atoms with Crippen molar-refractivity contribution in [3.63, 3.8) is 0 Å². The van der Waals surface area contributed by atoms with Crippen LogP contribution in [-0.4, -0.2) is 15.1 Å². The number of aromatic nitrogens is 3. The van der Waals surface area contributed by atoms with Crippen molar-refractivity contribution in [3.8, 4) is 0 Å². The van der Waals surface area contributed by atoms with Crippen molar-refractivity contribution in [2.45, 2.75) is 19.6 Å². The molecule has 0 aliphatic carbocycles. The first-order valence-electron chi connectivity index (χ1n) is 5.12. The fourth-order valence-corrected chi connectivity index (χ4v) is 1.50. The summed E-state index contributed by atoms with van der Waals surface area (Å²) < 4.78 is 42.3. The van der Waals surface area contributed by atoms with Crippen molar-refractivity contribution in [3.05, 3.63) is 34.6 Å². The van der Waals surface area contributed by atoms with E-state index in [4.69, 9.17) is 16.1 Å². The molecule has 2 aromatic rings. The summed E-state index contributed by atoms with van der Waals surface area (Å²) in [6.45, 7) is 1.88. The Bertz CT molecular complexity index is 584. The van der Waals surface area contributed by atoms with Crippen LogP contribution in [0.4, 0.5) is 19.0 Å². The summed E-state index contributed by atoms with van der Waals surface area (Å²) in [6, 6.07) is 2.85. The van der Waals surface area contributed by atoms with E-state index in [-0.39, 0.29) is 17.5 Å². The number of anilines is 1. The minimum absolute atomic E-state index is 0.0343. The summed E-state index contributed by atoms with van der Waals surface area (Å²) in [5, 5.41) is 6.07. The summed E-state index contributed by atoms with van der Waals surface area (Å²) in [5.41, 5.74) is 0.542. The third kappa shape index (κ3) is 3.57. The Kier molecular flexibility index (Phi) is 3.61. The van der Waals surface area contributed by atoms with Crippen LogP contribution in [0.15, 0.2) is 16.7 Å². The molecule has 2 aromatic heterocycles. The smallest absolute Gasteiger partial charge is 0.364 e. The van der Waals surface area contributed by atoms with Crippen LogP contribution in [0.25, 0.3) is 0 Å². The number of aryl methyl sites for hydroxylation is 1. The lowest BCUT2D eigenvalue weighted by Crippen LogP contribution is -2.13. The molecule has 5 nitrogen and oxygen atoms in total. The molecule has 19 heavy (non-hydrogen) atoms. The number of nitrogens with one attached hydrogen (secondary N) is 1. The number of nitrogens with zero attached hydrogens (tertiary/aromatic N) is 3. The van der Waals surface area contributed by atoms with Crippen molar-refractivity contribution >= 4 is 17.4 Å². The summed E-state index contributed by atoms with van der Waals surface area (Å²) in [6.07, 6.45) is -4.65. The van der Waals surface area contributed by atoms with Gasteiger partial charge in [-0.1, -0.05) is 16.8 Å². The highest BCUT2D eigenvalue weighted by atomic mass is 35.5. The van der Waals surface area contributed by atoms with Gasteiger partial charge in [0.2, 0.25) is 5.82 Å². The molecule has 2 heterocycles. The first-order chi connectivity index (χ1) is 8.84. The SMILES string of the molecule is Cc1cc(CNc2cc(Cl)nc(C(F)(F)F)n2)no1. The number of halogens is 4. The second kappa shape index (κ2) is 5.04. The highest BCUT2D eigenvalue weighted by Gasteiger charge is 2.35. The van der Waals surface area contributed by atoms with Gasteiger partial charge < -0.3 is 9.84 Å². The van der Waals surface area contributed by atoms with Crippen molar-refractivity contribution in [1.29, 1.82) is 0 Å². The van der Waals surface area contributed by atoms with Gasteiger partial charge in [0.1, 0.15) is 22.4 Å². The molecule has 0 unspecified atom stereocenters. The van der Waals surface area contributed by atoms with Crippen molar-refractivity contribution in [1.82, 2.24) is 15.1 Å². The molecular formula is C10H8ClF3N4O. The molecule has 0 saturated carbocycles. The average Bonchev–Trinajstić information content (AvgIpc) is 2.71. The Morgan fingerprint density at radius 2 is 2.05 bits per heavy atom. The van der Waals surface area contributed by atoms with Gasteiger partial charge in [-0.05, 0) is 6.92 Å². The molecule has 0 aliphatic heterocycles. The second-order valence-corrected chi connectivity index (χ2v) is 4.07. The van der Waals surface area contributed by atoms with Gasteiger partial charge in [-0.2, -0.15) is 13.2 Å². The van der Waals surface area contributed by atoms with Crippen LogP contribution < -0.4 is 5.32 Å². The molecule has 0 fully saturated rings. The van der Waals surface area contributed by atoms with Crippen molar-refractivity contribution in [2.75, 3.05) is 5.32 Å². The summed E-state index contributed by atoms with van der Waals surface area (Å²) in [7, 11) is 0. The number of hydrogen-bond donors (Lipinski definition) is 1. The van der Waals surface area contributed by atoms with Crippen LogP contribution in [0.2, 0.25) is 5.15 Å². The topological polar surface area (TPSA) is 63.8 Å². The zero-order valence-electron chi connectivity index (χ0n) is 9.62. The lowest BCUT2D eigenvalue weighted by Gasteiger charge is -2.08. The normalized spacial score (nSPS) is 11.6. The summed E-state index contributed by atoms with van der Waals surface area (Å²) >= 11 is 5.52. The summed E-state index contributed by atoms with van der Waals surface area (Å²) in [4.78, 5) is 6.46. The highest BCUT2D eigenvalue weighted by Crippen LogP contribution is 2.28. The van der Waals surface area contributed by atoms with Gasteiger partial charge in [0.05, 0.1) is 6.54 Å². The monoisotopic (exact) mass is 292 g/mol. The molecule has 0 radical (unpaired) electrons. The third-order valence-corrected chi connectivity index (χ3v) is 2.27. The zero-order valence-corrected chi connectivity index (χ0v) is 10.4. The van der Waals surface area contributed by atoms with Crippen molar-refractivity contribution in [2.24, 2.45) is 0 Å². The standard InChI is InChI=1S/C10H8ClF3N4O/c1-5-2-6(18-19-5)4-15-8-3-7(11)16-9(17-8)10(12,13)14/h2-3H,4H2,1H3,(H,15,16,17). The molecule has 0 atom stereocenters. The third-order valence-electron chi connectivity index (χ3n) is 2.08. The van der Waals surface area contributed by atoms with E-state index in [0.29, 0.717) is 11.5 Å². The van der Waals surface area contributed by atoms with Crippen LogP contribution >= 0.6 is 11.6 Å². The molecule has 0 aromatic carbocycles. The van der Waals surface area contributed by atoms with Crippen molar-refractivity contribution < 1.29 is 17.7 Å². The quantitative estimate of drug-likeness (QED) is 0.881. The predicted octanol–water partition coefficient (Wildman–Crippen LogP) is 3.06. The Morgan fingerprint density at radius 3 is 2.63 bits per heavy atom. The molecule has 2 rings (SSSR count). The minimum Gasteiger partial charge on any atom is -0.364 e. The Labute approximate surface area is 110 Å². The molecular weight excluding hydrogens is 285 g/mol. The Balaban J connectivity index is 2.14. The lowest BCUT2D eigenvalue weighted by molar-refractivity contribution is -0.144. The fourth-order valence-electron chi connectivity index (χ4n) is 1.32. The van der Waals surface area contributed by atoms with Gasteiger partial charge in [0.15, 0.2) is 0 Å². The second-order valence-electron chi connectivity index (χ2n) is 3.68. The van der Waals surface area contributed by atoms with E-state index in [2.05, 4.69) is 20.4 Å². The maximum Gasteiger partial charge on any atom is 0.451 e. The molecule has 0 bridgehead atoms. The Hall–Kier alpha value is -1.83. The lowest BCUT2D eigenvalue weighted by atomic mass is 10.4. The van der Waals surface area contributed by atoms with Gasteiger partial charge >= 0.3 is 6.18 Å². The molecule has 0 saturated heterocycles. The molecule has 0 aliphatic rings. The molecule has 9 heteroatoms. The molecule has 102 valence electrons. The predicted molar refractivity (Wildman–Crippen MR) is 60.6 cm³/mol. The van der Waals surface area contributed by atoms with Gasteiger partial charge in [-0.3, -0.25) is 0 Å². The zero-order chi connectivity index (χ0) is 14.0. The van der Waals surface area contributed by atoms with E-state index < -0.39 is 12.0 Å². The fraction of sp³-hybridized carbons (Fsp3) is 0.300.